The first-order chi connectivity index (χ1) is 12.8. The molecule has 0 radical (unpaired) electrons. The lowest BCUT2D eigenvalue weighted by Crippen LogP contribution is -2.52. The third kappa shape index (κ3) is 3.98. The van der Waals surface area contributed by atoms with E-state index in [-0.39, 0.29) is 22.8 Å². The number of carbonyl (C=O) groups excluding carboxylic acids is 3. The molecular weight excluding hydrogens is 390 g/mol. The molecule has 0 amide bonds. The van der Waals surface area contributed by atoms with Crippen LogP contribution in [0.4, 0.5) is 5.69 Å². The Hall–Kier alpha value is -2.58. The molecule has 1 heterocycles. The smallest absolute Gasteiger partial charge is 0.310 e. The number of benzene rings is 1. The highest BCUT2D eigenvalue weighted by atomic mass is 35.5. The molecule has 0 aliphatic carbocycles. The Kier molecular flexibility index (Phi) is 5.77. The number of ketones is 2. The molecule has 1 aromatic rings. The fourth-order valence-electron chi connectivity index (χ4n) is 2.98. The molecule has 0 unspecified atom stereocenters. The summed E-state index contributed by atoms with van der Waals surface area (Å²) in [5, 5.41) is 11.5. The van der Waals surface area contributed by atoms with Gasteiger partial charge in [0.15, 0.2) is 5.76 Å². The van der Waals surface area contributed by atoms with Crippen molar-refractivity contribution < 1.29 is 28.8 Å². The zero-order valence-electron chi connectivity index (χ0n) is 16.1. The lowest BCUT2D eigenvalue weighted by molar-refractivity contribution is -0.385. The van der Waals surface area contributed by atoms with Crippen molar-refractivity contribution in [1.29, 1.82) is 0 Å². The predicted molar refractivity (Wildman–Crippen MR) is 100 cm³/mol. The van der Waals surface area contributed by atoms with Crippen molar-refractivity contribution in [2.45, 2.75) is 52.2 Å². The molecule has 0 atom stereocenters. The summed E-state index contributed by atoms with van der Waals surface area (Å²) in [6.07, 6.45) is -0.000271. The Bertz CT molecular complexity index is 915. The van der Waals surface area contributed by atoms with Gasteiger partial charge in [-0.25, -0.2) is 0 Å². The zero-order valence-corrected chi connectivity index (χ0v) is 16.9. The van der Waals surface area contributed by atoms with Crippen LogP contribution in [-0.2, 0) is 19.1 Å². The molecule has 1 aliphatic rings. The third-order valence-corrected chi connectivity index (χ3v) is 4.43. The molecule has 2 rings (SSSR count). The average molecular weight is 410 g/mol. The molecule has 8 nitrogen and oxygen atoms in total. The number of esters is 1. The van der Waals surface area contributed by atoms with Crippen molar-refractivity contribution in [3.8, 4) is 0 Å². The SMILES string of the molecule is CCC(=O)OC1=C(C(=O)c2ccc(Cl)cc2[N+](=O)[O-])C(=O)C(C)(C)OC1(C)C. The van der Waals surface area contributed by atoms with E-state index in [1.807, 2.05) is 0 Å². The van der Waals surface area contributed by atoms with Crippen LogP contribution in [0.1, 0.15) is 51.4 Å². The Balaban J connectivity index is 2.78. The van der Waals surface area contributed by atoms with Gasteiger partial charge in [-0.15, -0.1) is 0 Å². The molecule has 0 saturated heterocycles. The van der Waals surface area contributed by atoms with Gasteiger partial charge in [-0.2, -0.15) is 0 Å². The van der Waals surface area contributed by atoms with Gasteiger partial charge >= 0.3 is 5.97 Å². The summed E-state index contributed by atoms with van der Waals surface area (Å²) >= 11 is 5.80. The molecule has 0 aromatic heterocycles. The first-order valence-corrected chi connectivity index (χ1v) is 8.88. The van der Waals surface area contributed by atoms with Gasteiger partial charge < -0.3 is 9.47 Å². The lowest BCUT2D eigenvalue weighted by Gasteiger charge is -2.41. The summed E-state index contributed by atoms with van der Waals surface area (Å²) in [5.74, 6) is -2.61. The van der Waals surface area contributed by atoms with Gasteiger partial charge in [-0.1, -0.05) is 18.5 Å². The molecule has 1 aliphatic heterocycles. The van der Waals surface area contributed by atoms with Crippen LogP contribution in [0, 0.1) is 10.1 Å². The molecule has 28 heavy (non-hydrogen) atoms. The van der Waals surface area contributed by atoms with Gasteiger partial charge in [-0.3, -0.25) is 24.5 Å². The summed E-state index contributed by atoms with van der Waals surface area (Å²) in [7, 11) is 0. The van der Waals surface area contributed by atoms with Crippen molar-refractivity contribution in [2.75, 3.05) is 0 Å². The van der Waals surface area contributed by atoms with E-state index < -0.39 is 44.9 Å². The first-order valence-electron chi connectivity index (χ1n) is 8.51. The van der Waals surface area contributed by atoms with Gasteiger partial charge in [0, 0.05) is 17.5 Å². The number of ether oxygens (including phenoxy) is 2. The molecule has 9 heteroatoms. The predicted octanol–water partition coefficient (Wildman–Crippen LogP) is 3.79. The molecule has 0 bridgehead atoms. The van der Waals surface area contributed by atoms with Crippen molar-refractivity contribution in [2.24, 2.45) is 0 Å². The van der Waals surface area contributed by atoms with Crippen LogP contribution in [0.5, 0.6) is 0 Å². The van der Waals surface area contributed by atoms with Crippen molar-refractivity contribution in [3.63, 3.8) is 0 Å². The maximum absolute atomic E-state index is 13.2. The van der Waals surface area contributed by atoms with E-state index in [9.17, 15) is 24.5 Å². The average Bonchev–Trinajstić information content (AvgIpc) is 2.58. The maximum atomic E-state index is 13.2. The Morgan fingerprint density at radius 2 is 1.82 bits per heavy atom. The number of nitro benzene ring substituents is 1. The van der Waals surface area contributed by atoms with Crippen LogP contribution in [0.2, 0.25) is 5.02 Å². The van der Waals surface area contributed by atoms with E-state index in [2.05, 4.69) is 0 Å². The molecule has 150 valence electrons. The minimum absolute atomic E-state index is 0.000271. The minimum Gasteiger partial charge on any atom is -0.427 e. The quantitative estimate of drug-likeness (QED) is 0.239. The number of halogens is 1. The van der Waals surface area contributed by atoms with Crippen LogP contribution >= 0.6 is 11.6 Å². The standard InChI is InChI=1S/C19H20ClNO7/c1-6-13(22)27-17-14(16(24)18(2,3)28-19(17,4)5)15(23)11-8-7-10(20)9-12(11)21(25)26/h7-9H,6H2,1-5H3. The largest absolute Gasteiger partial charge is 0.427 e. The lowest BCUT2D eigenvalue weighted by atomic mass is 9.82. The Labute approximate surface area is 166 Å². The van der Waals surface area contributed by atoms with E-state index in [0.29, 0.717) is 0 Å². The fourth-order valence-corrected chi connectivity index (χ4v) is 3.15. The number of rotatable bonds is 5. The number of Topliss-reactive ketones (excluding diaryl/α,β-unsaturated/α-hetero) is 2. The van der Waals surface area contributed by atoms with Gasteiger partial charge in [0.25, 0.3) is 5.69 Å². The van der Waals surface area contributed by atoms with E-state index in [1.165, 1.54) is 19.9 Å². The van der Waals surface area contributed by atoms with Gasteiger partial charge in [0.1, 0.15) is 22.3 Å². The van der Waals surface area contributed by atoms with Crippen LogP contribution in [0.25, 0.3) is 0 Å². The van der Waals surface area contributed by atoms with Gasteiger partial charge in [-0.05, 0) is 39.8 Å². The fraction of sp³-hybridized carbons (Fsp3) is 0.421. The molecule has 0 saturated carbocycles. The normalized spacial score (nSPS) is 18.0. The maximum Gasteiger partial charge on any atom is 0.310 e. The van der Waals surface area contributed by atoms with Crippen LogP contribution in [0.3, 0.4) is 0 Å². The van der Waals surface area contributed by atoms with Crippen molar-refractivity contribution >= 4 is 34.8 Å². The summed E-state index contributed by atoms with van der Waals surface area (Å²) in [5.41, 5.74) is -4.04. The minimum atomic E-state index is -1.40. The molecular formula is C19H20ClNO7. The van der Waals surface area contributed by atoms with Crippen molar-refractivity contribution in [1.82, 2.24) is 0 Å². The number of nitrogens with zero attached hydrogens (tertiary/aromatic N) is 1. The molecule has 0 fully saturated rings. The number of hydrogen-bond donors (Lipinski definition) is 0. The highest BCUT2D eigenvalue weighted by Crippen LogP contribution is 2.40. The molecule has 1 aromatic carbocycles. The highest BCUT2D eigenvalue weighted by Gasteiger charge is 2.50. The van der Waals surface area contributed by atoms with Gasteiger partial charge in [0.05, 0.1) is 4.92 Å². The monoisotopic (exact) mass is 409 g/mol. The number of carbonyl (C=O) groups is 3. The van der Waals surface area contributed by atoms with E-state index in [4.69, 9.17) is 21.1 Å². The Morgan fingerprint density at radius 1 is 1.21 bits per heavy atom. The van der Waals surface area contributed by atoms with E-state index in [0.717, 1.165) is 12.1 Å². The van der Waals surface area contributed by atoms with E-state index in [1.54, 1.807) is 20.8 Å². The van der Waals surface area contributed by atoms with Crippen LogP contribution in [0.15, 0.2) is 29.5 Å². The summed E-state index contributed by atoms with van der Waals surface area (Å²) in [6.45, 7) is 7.58. The van der Waals surface area contributed by atoms with Crippen molar-refractivity contribution in [3.05, 3.63) is 50.2 Å². The second-order valence-electron chi connectivity index (χ2n) is 7.23. The topological polar surface area (TPSA) is 113 Å². The van der Waals surface area contributed by atoms with Gasteiger partial charge in [0.2, 0.25) is 11.6 Å². The summed E-state index contributed by atoms with van der Waals surface area (Å²) in [4.78, 5) is 48.7. The second kappa shape index (κ2) is 7.44. The highest BCUT2D eigenvalue weighted by molar-refractivity contribution is 6.32. The summed E-state index contributed by atoms with van der Waals surface area (Å²) < 4.78 is 11.0. The number of nitro groups is 1. The third-order valence-electron chi connectivity index (χ3n) is 4.19. The molecule has 0 N–H and O–H groups in total. The summed E-state index contributed by atoms with van der Waals surface area (Å²) in [6, 6.07) is 3.49. The number of hydrogen-bond acceptors (Lipinski definition) is 7. The second-order valence-corrected chi connectivity index (χ2v) is 7.67. The first kappa shape index (κ1) is 21.7. The van der Waals surface area contributed by atoms with E-state index >= 15 is 0 Å². The Morgan fingerprint density at radius 3 is 2.36 bits per heavy atom. The van der Waals surface area contributed by atoms with Crippen LogP contribution < -0.4 is 0 Å². The molecule has 0 spiro atoms. The van der Waals surface area contributed by atoms with Crippen LogP contribution in [-0.4, -0.2) is 33.7 Å². The zero-order chi connectivity index (χ0) is 21.4.